The summed E-state index contributed by atoms with van der Waals surface area (Å²) < 4.78 is 17.0. The molecule has 0 radical (unpaired) electrons. The van der Waals surface area contributed by atoms with Crippen molar-refractivity contribution < 1.29 is 18.8 Å². The molecule has 1 aromatic carbocycles. The molecule has 2 aromatic rings. The molecule has 0 N–H and O–H groups in total. The van der Waals surface area contributed by atoms with Gasteiger partial charge in [0, 0.05) is 17.9 Å². The first-order valence-corrected chi connectivity index (χ1v) is 7.44. The van der Waals surface area contributed by atoms with Gasteiger partial charge in [-0.15, -0.1) is 0 Å². The van der Waals surface area contributed by atoms with Crippen molar-refractivity contribution in [2.75, 3.05) is 7.11 Å². The molecule has 0 amide bonds. The molecule has 0 unspecified atom stereocenters. The third-order valence-corrected chi connectivity index (χ3v) is 4.57. The van der Waals surface area contributed by atoms with Crippen molar-refractivity contribution in [1.82, 2.24) is 9.97 Å². The molecule has 1 aliphatic heterocycles. The maximum absolute atomic E-state index is 11.9. The molecule has 23 heavy (non-hydrogen) atoms. The Morgan fingerprint density at radius 2 is 1.61 bits per heavy atom. The van der Waals surface area contributed by atoms with E-state index in [-0.39, 0.29) is 0 Å². The van der Waals surface area contributed by atoms with Crippen molar-refractivity contribution in [3.8, 4) is 0 Å². The van der Waals surface area contributed by atoms with Gasteiger partial charge in [0.25, 0.3) is 0 Å². The predicted octanol–water partition coefficient (Wildman–Crippen LogP) is 1.72. The molecule has 1 aliphatic rings. The second kappa shape index (κ2) is 5.28. The summed E-state index contributed by atoms with van der Waals surface area (Å²) in [7, 11) is 0.776. The van der Waals surface area contributed by atoms with E-state index in [9.17, 15) is 4.79 Å². The lowest BCUT2D eigenvalue weighted by Crippen LogP contribution is -2.41. The van der Waals surface area contributed by atoms with Crippen LogP contribution < -0.4 is 5.46 Å². The molecule has 0 atom stereocenters. The summed E-state index contributed by atoms with van der Waals surface area (Å²) >= 11 is 0. The van der Waals surface area contributed by atoms with Crippen LogP contribution in [-0.4, -0.2) is 41.4 Å². The van der Waals surface area contributed by atoms with Gasteiger partial charge in [0.2, 0.25) is 0 Å². The Labute approximate surface area is 135 Å². The van der Waals surface area contributed by atoms with E-state index in [1.807, 2.05) is 27.7 Å². The minimum atomic E-state index is -0.564. The molecule has 7 heteroatoms. The summed E-state index contributed by atoms with van der Waals surface area (Å²) in [6, 6.07) is 3.45. The van der Waals surface area contributed by atoms with E-state index < -0.39 is 24.3 Å². The van der Waals surface area contributed by atoms with Gasteiger partial charge in [0.05, 0.1) is 29.4 Å². The Hall–Kier alpha value is -1.99. The molecule has 1 aromatic heterocycles. The Morgan fingerprint density at radius 3 is 2.17 bits per heavy atom. The third-order valence-electron chi connectivity index (χ3n) is 4.57. The van der Waals surface area contributed by atoms with Crippen LogP contribution >= 0.6 is 0 Å². The fourth-order valence-corrected chi connectivity index (χ4v) is 2.51. The number of ether oxygens (including phenoxy) is 1. The molecule has 0 bridgehead atoms. The fourth-order valence-electron chi connectivity index (χ4n) is 2.51. The highest BCUT2D eigenvalue weighted by Gasteiger charge is 2.52. The lowest BCUT2D eigenvalue weighted by Gasteiger charge is -2.32. The van der Waals surface area contributed by atoms with Crippen molar-refractivity contribution in [1.29, 1.82) is 0 Å². The van der Waals surface area contributed by atoms with Crippen LogP contribution in [0.4, 0.5) is 0 Å². The van der Waals surface area contributed by atoms with E-state index in [4.69, 9.17) is 14.0 Å². The van der Waals surface area contributed by atoms with Crippen molar-refractivity contribution in [3.05, 3.63) is 30.1 Å². The Kier molecular flexibility index (Phi) is 3.65. The van der Waals surface area contributed by atoms with Gasteiger partial charge < -0.3 is 14.0 Å². The lowest BCUT2D eigenvalue weighted by atomic mass is 9.77. The first-order chi connectivity index (χ1) is 10.8. The van der Waals surface area contributed by atoms with E-state index in [1.54, 1.807) is 24.5 Å². The zero-order valence-corrected chi connectivity index (χ0v) is 13.9. The maximum Gasteiger partial charge on any atom is 0.497 e. The minimum Gasteiger partial charge on any atom is -0.465 e. The van der Waals surface area contributed by atoms with Gasteiger partial charge >= 0.3 is 13.1 Å². The second-order valence-electron chi connectivity index (χ2n) is 6.54. The zero-order valence-electron chi connectivity index (χ0n) is 13.9. The van der Waals surface area contributed by atoms with Gasteiger partial charge in [0.15, 0.2) is 0 Å². The summed E-state index contributed by atoms with van der Waals surface area (Å²) in [5.41, 5.74) is 1.27. The first kappa shape index (κ1) is 15.9. The standard InChI is InChI=1S/C16H19BN2O4/c1-15(2)16(3,4)23-17(22-15)11-7-6-10(14(20)21-5)12-13(11)19-9-8-18-12/h6-9H,1-5H3. The van der Waals surface area contributed by atoms with E-state index in [0.717, 1.165) is 5.46 Å². The molecule has 120 valence electrons. The average Bonchev–Trinajstić information content (AvgIpc) is 2.73. The Bertz CT molecular complexity index is 760. The number of hydrogen-bond donors (Lipinski definition) is 0. The Balaban J connectivity index is 2.13. The number of carbonyl (C=O) groups is 1. The summed E-state index contributed by atoms with van der Waals surface area (Å²) in [6.07, 6.45) is 3.13. The number of hydrogen-bond acceptors (Lipinski definition) is 6. The van der Waals surface area contributed by atoms with E-state index in [1.165, 1.54) is 7.11 Å². The summed E-state index contributed by atoms with van der Waals surface area (Å²) in [5.74, 6) is -0.448. The molecule has 1 saturated heterocycles. The first-order valence-electron chi connectivity index (χ1n) is 7.44. The summed E-state index contributed by atoms with van der Waals surface area (Å²) in [6.45, 7) is 7.96. The molecular weight excluding hydrogens is 295 g/mol. The van der Waals surface area contributed by atoms with Crippen LogP contribution in [0.25, 0.3) is 11.0 Å². The zero-order chi connectivity index (χ0) is 16.8. The number of fused-ring (bicyclic) bond motifs is 1. The summed E-state index contributed by atoms with van der Waals surface area (Å²) in [4.78, 5) is 20.6. The van der Waals surface area contributed by atoms with Crippen molar-refractivity contribution in [2.45, 2.75) is 38.9 Å². The average molecular weight is 314 g/mol. The highest BCUT2D eigenvalue weighted by atomic mass is 16.7. The maximum atomic E-state index is 11.9. The molecule has 2 heterocycles. The van der Waals surface area contributed by atoms with E-state index >= 15 is 0 Å². The molecule has 0 aliphatic carbocycles. The normalized spacial score (nSPS) is 19.1. The topological polar surface area (TPSA) is 70.5 Å². The van der Waals surface area contributed by atoms with Gasteiger partial charge in [-0.3, -0.25) is 9.97 Å². The molecule has 0 saturated carbocycles. The van der Waals surface area contributed by atoms with E-state index in [0.29, 0.717) is 16.6 Å². The monoisotopic (exact) mass is 314 g/mol. The van der Waals surface area contributed by atoms with Crippen molar-refractivity contribution in [2.24, 2.45) is 0 Å². The molecule has 6 nitrogen and oxygen atoms in total. The van der Waals surface area contributed by atoms with Gasteiger partial charge in [-0.1, -0.05) is 6.07 Å². The van der Waals surface area contributed by atoms with Gasteiger partial charge in [0.1, 0.15) is 5.52 Å². The number of aromatic nitrogens is 2. The number of methoxy groups -OCH3 is 1. The Morgan fingerprint density at radius 1 is 1.04 bits per heavy atom. The predicted molar refractivity (Wildman–Crippen MR) is 86.6 cm³/mol. The van der Waals surface area contributed by atoms with Crippen molar-refractivity contribution in [3.63, 3.8) is 0 Å². The van der Waals surface area contributed by atoms with Gasteiger partial charge in [-0.05, 0) is 33.8 Å². The number of nitrogens with zero attached hydrogens (tertiary/aromatic N) is 2. The van der Waals surface area contributed by atoms with Crippen LogP contribution in [-0.2, 0) is 14.0 Å². The third kappa shape index (κ3) is 2.50. The number of benzene rings is 1. The van der Waals surface area contributed by atoms with Gasteiger partial charge in [-0.2, -0.15) is 0 Å². The number of rotatable bonds is 2. The fraction of sp³-hybridized carbons (Fsp3) is 0.438. The smallest absolute Gasteiger partial charge is 0.465 e. The van der Waals surface area contributed by atoms with Crippen LogP contribution in [0.2, 0.25) is 0 Å². The molecular formula is C16H19BN2O4. The lowest BCUT2D eigenvalue weighted by molar-refractivity contribution is 0.00578. The molecule has 1 fully saturated rings. The quantitative estimate of drug-likeness (QED) is 0.621. The highest BCUT2D eigenvalue weighted by Crippen LogP contribution is 2.36. The van der Waals surface area contributed by atoms with Crippen LogP contribution in [0.1, 0.15) is 38.1 Å². The van der Waals surface area contributed by atoms with Crippen LogP contribution in [0.3, 0.4) is 0 Å². The van der Waals surface area contributed by atoms with E-state index in [2.05, 4.69) is 9.97 Å². The second-order valence-corrected chi connectivity index (χ2v) is 6.54. The largest absolute Gasteiger partial charge is 0.497 e. The minimum absolute atomic E-state index is 0.371. The number of carbonyl (C=O) groups excluding carboxylic acids is 1. The SMILES string of the molecule is COC(=O)c1ccc(B2OC(C)(C)C(C)(C)O2)c2nccnc12. The summed E-state index contributed by atoms with van der Waals surface area (Å²) in [5, 5.41) is 0. The van der Waals surface area contributed by atoms with Crippen molar-refractivity contribution >= 4 is 29.6 Å². The van der Waals surface area contributed by atoms with Crippen LogP contribution in [0, 0.1) is 0 Å². The highest BCUT2D eigenvalue weighted by molar-refractivity contribution is 6.65. The van der Waals surface area contributed by atoms with Gasteiger partial charge in [-0.25, -0.2) is 4.79 Å². The van der Waals surface area contributed by atoms with Crippen LogP contribution in [0.15, 0.2) is 24.5 Å². The van der Waals surface area contributed by atoms with Crippen LogP contribution in [0.5, 0.6) is 0 Å². The molecule has 0 spiro atoms. The number of esters is 1. The molecule has 3 rings (SSSR count).